The van der Waals surface area contributed by atoms with Crippen LogP contribution in [0.2, 0.25) is 0 Å². The number of nitrogens with zero attached hydrogens (tertiary/aromatic N) is 1. The first-order valence-electron chi connectivity index (χ1n) is 8.42. The van der Waals surface area contributed by atoms with Crippen LogP contribution in [-0.2, 0) is 16.4 Å². The fourth-order valence-corrected chi connectivity index (χ4v) is 4.08. The molecule has 0 unspecified atom stereocenters. The molecular weight excluding hydrogens is 352 g/mol. The van der Waals surface area contributed by atoms with Crippen molar-refractivity contribution in [3.05, 3.63) is 59.7 Å². The molecule has 1 aliphatic rings. The van der Waals surface area contributed by atoms with E-state index in [1.165, 1.54) is 0 Å². The summed E-state index contributed by atoms with van der Waals surface area (Å²) in [7, 11) is -1.27. The summed E-state index contributed by atoms with van der Waals surface area (Å²) >= 11 is 0. The topological polar surface area (TPSA) is 75.7 Å². The van der Waals surface area contributed by atoms with Crippen LogP contribution in [0.15, 0.2) is 48.5 Å². The van der Waals surface area contributed by atoms with Gasteiger partial charge in [-0.2, -0.15) is 0 Å². The normalized spacial score (nSPS) is 16.8. The van der Waals surface area contributed by atoms with Gasteiger partial charge in [0.15, 0.2) is 9.84 Å². The fourth-order valence-electron chi connectivity index (χ4n) is 2.81. The van der Waals surface area contributed by atoms with E-state index in [4.69, 9.17) is 4.74 Å². The highest BCUT2D eigenvalue weighted by Crippen LogP contribution is 2.16. The molecule has 2 aromatic rings. The SMILES string of the molecule is COc1ccc(C(=O)Nc2ccc(CN3CCS(=O)(=O)CC3)cc2)cc1. The minimum atomic E-state index is -2.86. The summed E-state index contributed by atoms with van der Waals surface area (Å²) in [6.07, 6.45) is 0. The molecule has 1 fully saturated rings. The molecule has 0 saturated carbocycles. The number of methoxy groups -OCH3 is 1. The van der Waals surface area contributed by atoms with Crippen molar-refractivity contribution in [2.24, 2.45) is 0 Å². The van der Waals surface area contributed by atoms with Gasteiger partial charge >= 0.3 is 0 Å². The summed E-state index contributed by atoms with van der Waals surface area (Å²) in [5.41, 5.74) is 2.37. The Bertz CT molecular complexity index is 847. The van der Waals surface area contributed by atoms with E-state index in [0.717, 1.165) is 11.3 Å². The van der Waals surface area contributed by atoms with Crippen LogP contribution >= 0.6 is 0 Å². The van der Waals surface area contributed by atoms with Crippen LogP contribution in [0.1, 0.15) is 15.9 Å². The van der Waals surface area contributed by atoms with Crippen LogP contribution in [-0.4, -0.2) is 50.9 Å². The molecule has 1 aliphatic heterocycles. The molecule has 0 spiro atoms. The minimum absolute atomic E-state index is 0.179. The monoisotopic (exact) mass is 374 g/mol. The molecule has 1 N–H and O–H groups in total. The van der Waals surface area contributed by atoms with Gasteiger partial charge < -0.3 is 10.1 Å². The summed E-state index contributed by atoms with van der Waals surface area (Å²) in [4.78, 5) is 14.4. The van der Waals surface area contributed by atoms with Crippen LogP contribution in [0.4, 0.5) is 5.69 Å². The summed E-state index contributed by atoms with van der Waals surface area (Å²) < 4.78 is 28.0. The van der Waals surface area contributed by atoms with E-state index in [-0.39, 0.29) is 17.4 Å². The van der Waals surface area contributed by atoms with E-state index < -0.39 is 9.84 Å². The number of ether oxygens (including phenoxy) is 1. The highest BCUT2D eigenvalue weighted by atomic mass is 32.2. The van der Waals surface area contributed by atoms with Gasteiger partial charge in [0.25, 0.3) is 5.91 Å². The standard InChI is InChI=1S/C19H22N2O4S/c1-25-18-8-4-16(5-9-18)19(22)20-17-6-2-15(3-7-17)14-21-10-12-26(23,24)13-11-21/h2-9H,10-14H2,1H3,(H,20,22). The van der Waals surface area contributed by atoms with Crippen molar-refractivity contribution >= 4 is 21.4 Å². The second-order valence-electron chi connectivity index (χ2n) is 6.31. The summed E-state index contributed by atoms with van der Waals surface area (Å²) in [6.45, 7) is 1.85. The van der Waals surface area contributed by atoms with Crippen molar-refractivity contribution < 1.29 is 17.9 Å². The average Bonchev–Trinajstić information content (AvgIpc) is 2.65. The second-order valence-corrected chi connectivity index (χ2v) is 8.61. The molecule has 0 atom stereocenters. The molecule has 0 bridgehead atoms. The smallest absolute Gasteiger partial charge is 0.255 e. The van der Waals surface area contributed by atoms with Crippen LogP contribution in [0.3, 0.4) is 0 Å². The Labute approximate surface area is 153 Å². The van der Waals surface area contributed by atoms with Crippen LogP contribution in [0, 0.1) is 0 Å². The first-order chi connectivity index (χ1) is 12.4. The van der Waals surface area contributed by atoms with Crippen molar-refractivity contribution in [2.45, 2.75) is 6.54 Å². The molecule has 138 valence electrons. The molecular formula is C19H22N2O4S. The molecule has 1 saturated heterocycles. The second kappa shape index (κ2) is 7.88. The predicted molar refractivity (Wildman–Crippen MR) is 101 cm³/mol. The Morgan fingerprint density at radius 3 is 2.23 bits per heavy atom. The van der Waals surface area contributed by atoms with E-state index in [9.17, 15) is 13.2 Å². The number of nitrogens with one attached hydrogen (secondary N) is 1. The lowest BCUT2D eigenvalue weighted by molar-refractivity contribution is 0.102. The number of benzene rings is 2. The zero-order chi connectivity index (χ0) is 18.6. The van der Waals surface area contributed by atoms with Gasteiger partial charge in [0.05, 0.1) is 18.6 Å². The maximum atomic E-state index is 12.3. The number of anilines is 1. The van der Waals surface area contributed by atoms with Gasteiger partial charge in [-0.25, -0.2) is 8.42 Å². The predicted octanol–water partition coefficient (Wildman–Crippen LogP) is 2.18. The number of sulfone groups is 1. The number of hydrogen-bond acceptors (Lipinski definition) is 5. The third kappa shape index (κ3) is 4.83. The molecule has 2 aromatic carbocycles. The summed E-state index contributed by atoms with van der Waals surface area (Å²) in [6, 6.07) is 14.5. The van der Waals surface area contributed by atoms with Gasteiger partial charge in [0.1, 0.15) is 5.75 Å². The van der Waals surface area contributed by atoms with Crippen LogP contribution in [0.5, 0.6) is 5.75 Å². The molecule has 0 radical (unpaired) electrons. The molecule has 26 heavy (non-hydrogen) atoms. The van der Waals surface area contributed by atoms with Gasteiger partial charge in [0, 0.05) is 30.9 Å². The number of amides is 1. The van der Waals surface area contributed by atoms with E-state index in [2.05, 4.69) is 10.2 Å². The lowest BCUT2D eigenvalue weighted by Crippen LogP contribution is -2.39. The fraction of sp³-hybridized carbons (Fsp3) is 0.316. The number of hydrogen-bond donors (Lipinski definition) is 1. The zero-order valence-corrected chi connectivity index (χ0v) is 15.5. The maximum Gasteiger partial charge on any atom is 0.255 e. The molecule has 3 rings (SSSR count). The van der Waals surface area contributed by atoms with Gasteiger partial charge in [0.2, 0.25) is 0 Å². The Hall–Kier alpha value is -2.38. The Morgan fingerprint density at radius 2 is 1.65 bits per heavy atom. The van der Waals surface area contributed by atoms with E-state index >= 15 is 0 Å². The van der Waals surface area contributed by atoms with Crippen molar-refractivity contribution in [3.63, 3.8) is 0 Å². The summed E-state index contributed by atoms with van der Waals surface area (Å²) in [5, 5.41) is 2.86. The minimum Gasteiger partial charge on any atom is -0.497 e. The third-order valence-corrected chi connectivity index (χ3v) is 6.02. The molecule has 6 nitrogen and oxygen atoms in total. The third-order valence-electron chi connectivity index (χ3n) is 4.41. The van der Waals surface area contributed by atoms with Crippen LogP contribution in [0.25, 0.3) is 0 Å². The lowest BCUT2D eigenvalue weighted by Gasteiger charge is -2.26. The Kier molecular flexibility index (Phi) is 5.58. The molecule has 0 aromatic heterocycles. The first kappa shape index (κ1) is 18.4. The largest absolute Gasteiger partial charge is 0.497 e. The van der Waals surface area contributed by atoms with Gasteiger partial charge in [-0.3, -0.25) is 9.69 Å². The Morgan fingerprint density at radius 1 is 1.04 bits per heavy atom. The number of carbonyl (C=O) groups is 1. The first-order valence-corrected chi connectivity index (χ1v) is 10.2. The average molecular weight is 374 g/mol. The molecule has 7 heteroatoms. The molecule has 1 amide bonds. The summed E-state index contributed by atoms with van der Waals surface area (Å²) in [5.74, 6) is 0.976. The maximum absolute atomic E-state index is 12.3. The quantitative estimate of drug-likeness (QED) is 0.868. The van der Waals surface area contributed by atoms with Crippen molar-refractivity contribution in [1.82, 2.24) is 4.90 Å². The van der Waals surface area contributed by atoms with E-state index in [1.807, 2.05) is 24.3 Å². The zero-order valence-electron chi connectivity index (χ0n) is 14.6. The number of rotatable bonds is 5. The molecule has 0 aliphatic carbocycles. The van der Waals surface area contributed by atoms with Crippen molar-refractivity contribution in [1.29, 1.82) is 0 Å². The highest BCUT2D eigenvalue weighted by molar-refractivity contribution is 7.91. The highest BCUT2D eigenvalue weighted by Gasteiger charge is 2.21. The van der Waals surface area contributed by atoms with Gasteiger partial charge in [-0.1, -0.05) is 12.1 Å². The Balaban J connectivity index is 1.56. The van der Waals surface area contributed by atoms with E-state index in [1.54, 1.807) is 31.4 Å². The van der Waals surface area contributed by atoms with Gasteiger partial charge in [-0.05, 0) is 42.0 Å². The lowest BCUT2D eigenvalue weighted by atomic mass is 10.1. The number of carbonyl (C=O) groups excluding carboxylic acids is 1. The van der Waals surface area contributed by atoms with Gasteiger partial charge in [-0.15, -0.1) is 0 Å². The molecule has 1 heterocycles. The van der Waals surface area contributed by atoms with E-state index in [0.29, 0.717) is 30.9 Å². The van der Waals surface area contributed by atoms with Crippen LogP contribution < -0.4 is 10.1 Å². The van der Waals surface area contributed by atoms with Crippen molar-refractivity contribution in [3.8, 4) is 5.75 Å². The van der Waals surface area contributed by atoms with Crippen molar-refractivity contribution in [2.75, 3.05) is 37.0 Å².